The molecular formula is C16H12BrClF3N5O2. The first kappa shape index (κ1) is 20.2. The minimum absolute atomic E-state index is 0.0716. The highest BCUT2D eigenvalue weighted by molar-refractivity contribution is 9.10. The highest BCUT2D eigenvalue weighted by atomic mass is 79.9. The molecule has 0 aliphatic carbocycles. The van der Waals surface area contributed by atoms with E-state index in [1.54, 1.807) is 12.1 Å². The number of aromatic nitrogens is 4. The highest BCUT2D eigenvalue weighted by Gasteiger charge is 2.39. The number of amides is 1. The molecule has 0 radical (unpaired) electrons. The van der Waals surface area contributed by atoms with Crippen LogP contribution in [-0.2, 0) is 20.0 Å². The smallest absolute Gasteiger partial charge is 0.436 e. The van der Waals surface area contributed by atoms with Crippen LogP contribution < -0.4 is 10.1 Å². The number of rotatable bonds is 5. The Hall–Kier alpha value is -2.53. The van der Waals surface area contributed by atoms with E-state index in [0.717, 1.165) is 9.15 Å². The van der Waals surface area contributed by atoms with Gasteiger partial charge < -0.3 is 10.1 Å². The fourth-order valence-corrected chi connectivity index (χ4v) is 2.90. The third kappa shape index (κ3) is 4.47. The maximum atomic E-state index is 12.9. The number of nitrogens with zero attached hydrogens (tertiary/aromatic N) is 4. The second-order valence-electron chi connectivity index (χ2n) is 5.58. The Kier molecular flexibility index (Phi) is 5.66. The lowest BCUT2D eigenvalue weighted by Gasteiger charge is -2.06. The first-order chi connectivity index (χ1) is 13.1. The van der Waals surface area contributed by atoms with Gasteiger partial charge in [-0.05, 0) is 24.3 Å². The molecule has 0 bridgehead atoms. The van der Waals surface area contributed by atoms with Crippen LogP contribution in [0, 0.1) is 0 Å². The summed E-state index contributed by atoms with van der Waals surface area (Å²) < 4.78 is 47.2. The number of anilines is 1. The van der Waals surface area contributed by atoms with Crippen molar-refractivity contribution in [2.45, 2.75) is 12.9 Å². The van der Waals surface area contributed by atoms with Gasteiger partial charge in [-0.25, -0.2) is 4.68 Å². The predicted octanol–water partition coefficient (Wildman–Crippen LogP) is 4.34. The molecule has 0 saturated heterocycles. The molecule has 0 atom stereocenters. The van der Waals surface area contributed by atoms with Gasteiger partial charge in [-0.15, -0.1) is 0 Å². The number of alkyl halides is 3. The van der Waals surface area contributed by atoms with Crippen LogP contribution in [0.3, 0.4) is 0 Å². The van der Waals surface area contributed by atoms with Gasteiger partial charge in [0.1, 0.15) is 16.5 Å². The van der Waals surface area contributed by atoms with Gasteiger partial charge in [0, 0.05) is 11.5 Å². The molecule has 1 amide bonds. The van der Waals surface area contributed by atoms with Gasteiger partial charge in [-0.1, -0.05) is 27.5 Å². The van der Waals surface area contributed by atoms with Crippen molar-refractivity contribution in [3.63, 3.8) is 0 Å². The van der Waals surface area contributed by atoms with Crippen LogP contribution >= 0.6 is 27.5 Å². The standard InChI is InChI=1S/C16H12BrClF3N5O2/c1-25-13(12(18)14(24-25)16(19,20)21)15(27)23-10-6-22-26(7-10)8-28-11-4-2-9(17)3-5-11/h2-7H,8H2,1H3,(H,23,27). The molecule has 1 N–H and O–H groups in total. The van der Waals surface area contributed by atoms with Gasteiger partial charge in [0.2, 0.25) is 0 Å². The summed E-state index contributed by atoms with van der Waals surface area (Å²) in [5, 5.41) is 8.96. The summed E-state index contributed by atoms with van der Waals surface area (Å²) in [7, 11) is 1.20. The average Bonchev–Trinajstić information content (AvgIpc) is 3.17. The van der Waals surface area contributed by atoms with E-state index >= 15 is 0 Å². The number of hydrogen-bond donors (Lipinski definition) is 1. The number of halogens is 5. The molecule has 0 aliphatic rings. The van der Waals surface area contributed by atoms with Crippen molar-refractivity contribution in [1.29, 1.82) is 0 Å². The third-order valence-electron chi connectivity index (χ3n) is 3.54. The maximum absolute atomic E-state index is 12.9. The Morgan fingerprint density at radius 2 is 2.00 bits per heavy atom. The molecule has 28 heavy (non-hydrogen) atoms. The van der Waals surface area contributed by atoms with Gasteiger partial charge in [-0.3, -0.25) is 9.48 Å². The first-order valence-corrected chi connectivity index (χ1v) is 8.84. The Morgan fingerprint density at radius 3 is 2.61 bits per heavy atom. The maximum Gasteiger partial charge on any atom is 0.436 e. The molecule has 148 valence electrons. The quantitative estimate of drug-likeness (QED) is 0.592. The Bertz CT molecular complexity index is 1000. The van der Waals surface area contributed by atoms with Crippen LogP contribution in [0.4, 0.5) is 18.9 Å². The molecule has 3 aromatic rings. The van der Waals surface area contributed by atoms with Crippen molar-refractivity contribution in [2.24, 2.45) is 7.05 Å². The zero-order valence-corrected chi connectivity index (χ0v) is 16.5. The molecule has 0 unspecified atom stereocenters. The number of aryl methyl sites for hydroxylation is 1. The Morgan fingerprint density at radius 1 is 1.32 bits per heavy atom. The van der Waals surface area contributed by atoms with E-state index in [1.807, 2.05) is 12.1 Å². The summed E-state index contributed by atoms with van der Waals surface area (Å²) in [5.41, 5.74) is -1.47. The van der Waals surface area contributed by atoms with Gasteiger partial charge in [0.25, 0.3) is 5.91 Å². The van der Waals surface area contributed by atoms with Crippen LogP contribution in [-0.4, -0.2) is 25.5 Å². The topological polar surface area (TPSA) is 74.0 Å². The molecular weight excluding hydrogens is 467 g/mol. The van der Waals surface area contributed by atoms with E-state index in [0.29, 0.717) is 5.75 Å². The Labute approximate surface area is 170 Å². The van der Waals surface area contributed by atoms with Crippen molar-refractivity contribution < 1.29 is 22.7 Å². The van der Waals surface area contributed by atoms with Crippen molar-refractivity contribution in [3.05, 3.63) is 57.5 Å². The van der Waals surface area contributed by atoms with Crippen molar-refractivity contribution in [3.8, 4) is 5.75 Å². The van der Waals surface area contributed by atoms with E-state index in [4.69, 9.17) is 16.3 Å². The second kappa shape index (κ2) is 7.84. The lowest BCUT2D eigenvalue weighted by atomic mass is 10.3. The zero-order valence-electron chi connectivity index (χ0n) is 14.2. The van der Waals surface area contributed by atoms with Crippen LogP contribution in [0.5, 0.6) is 5.75 Å². The summed E-state index contributed by atoms with van der Waals surface area (Å²) in [6, 6.07) is 7.16. The summed E-state index contributed by atoms with van der Waals surface area (Å²) >= 11 is 9.02. The van der Waals surface area contributed by atoms with E-state index in [2.05, 4.69) is 31.4 Å². The highest BCUT2D eigenvalue weighted by Crippen LogP contribution is 2.35. The molecule has 0 saturated carbocycles. The molecule has 1 aromatic carbocycles. The first-order valence-electron chi connectivity index (χ1n) is 7.67. The van der Waals surface area contributed by atoms with E-state index in [1.165, 1.54) is 24.1 Å². The number of hydrogen-bond acceptors (Lipinski definition) is 4. The van der Waals surface area contributed by atoms with E-state index < -0.39 is 28.5 Å². The second-order valence-corrected chi connectivity index (χ2v) is 6.88. The molecule has 0 fully saturated rings. The lowest BCUT2D eigenvalue weighted by molar-refractivity contribution is -0.141. The number of carbonyl (C=O) groups excluding carboxylic acids is 1. The molecule has 2 aromatic heterocycles. The lowest BCUT2D eigenvalue weighted by Crippen LogP contribution is -2.16. The van der Waals surface area contributed by atoms with E-state index in [-0.39, 0.29) is 12.4 Å². The zero-order chi connectivity index (χ0) is 20.5. The molecule has 0 aliphatic heterocycles. The van der Waals surface area contributed by atoms with Gasteiger partial charge >= 0.3 is 6.18 Å². The molecule has 7 nitrogen and oxygen atoms in total. The monoisotopic (exact) mass is 477 g/mol. The van der Waals surface area contributed by atoms with Crippen molar-refractivity contribution in [2.75, 3.05) is 5.32 Å². The molecule has 3 rings (SSSR count). The number of carbonyl (C=O) groups is 1. The summed E-state index contributed by atoms with van der Waals surface area (Å²) in [6.07, 6.45) is -1.97. The average molecular weight is 479 g/mol. The summed E-state index contributed by atoms with van der Waals surface area (Å²) in [4.78, 5) is 12.3. The third-order valence-corrected chi connectivity index (χ3v) is 4.43. The normalized spacial score (nSPS) is 11.5. The van der Waals surface area contributed by atoms with Gasteiger partial charge in [0.05, 0.1) is 18.1 Å². The number of nitrogens with one attached hydrogen (secondary N) is 1. The fraction of sp³-hybridized carbons (Fsp3) is 0.188. The molecule has 2 heterocycles. The minimum Gasteiger partial charge on any atom is -0.471 e. The van der Waals surface area contributed by atoms with Crippen molar-refractivity contribution in [1.82, 2.24) is 19.6 Å². The van der Waals surface area contributed by atoms with Crippen LogP contribution in [0.1, 0.15) is 16.2 Å². The van der Waals surface area contributed by atoms with Crippen LogP contribution in [0.25, 0.3) is 0 Å². The number of benzene rings is 1. The summed E-state index contributed by atoms with van der Waals surface area (Å²) in [6.45, 7) is 0.0716. The van der Waals surface area contributed by atoms with Gasteiger partial charge in [0.15, 0.2) is 12.4 Å². The molecule has 12 heteroatoms. The Balaban J connectivity index is 1.67. The van der Waals surface area contributed by atoms with Crippen LogP contribution in [0.15, 0.2) is 41.1 Å². The number of ether oxygens (including phenoxy) is 1. The largest absolute Gasteiger partial charge is 0.471 e. The van der Waals surface area contributed by atoms with E-state index in [9.17, 15) is 18.0 Å². The minimum atomic E-state index is -4.76. The van der Waals surface area contributed by atoms with Crippen molar-refractivity contribution >= 4 is 39.1 Å². The van der Waals surface area contributed by atoms with Crippen LogP contribution in [0.2, 0.25) is 5.02 Å². The molecule has 0 spiro atoms. The SMILES string of the molecule is Cn1nc(C(F)(F)F)c(Cl)c1C(=O)Nc1cnn(COc2ccc(Br)cc2)c1. The predicted molar refractivity (Wildman–Crippen MR) is 98.2 cm³/mol. The summed E-state index contributed by atoms with van der Waals surface area (Å²) in [5.74, 6) is -0.227. The van der Waals surface area contributed by atoms with Gasteiger partial charge in [-0.2, -0.15) is 23.4 Å². The fourth-order valence-electron chi connectivity index (χ4n) is 2.29.